The van der Waals surface area contributed by atoms with Crippen molar-refractivity contribution in [3.63, 3.8) is 0 Å². The number of aryl methyl sites for hydroxylation is 1. The number of rotatable bonds is 6. The van der Waals surface area contributed by atoms with Gasteiger partial charge in [-0.2, -0.15) is 0 Å². The molecule has 1 aromatic carbocycles. The zero-order valence-electron chi connectivity index (χ0n) is 13.3. The maximum atomic E-state index is 12.7. The second kappa shape index (κ2) is 7.70. The first-order chi connectivity index (χ1) is 11.3. The van der Waals surface area contributed by atoms with Crippen LogP contribution in [0.4, 0.5) is 0 Å². The van der Waals surface area contributed by atoms with Crippen LogP contribution in [0.2, 0.25) is 0 Å². The fraction of sp³-hybridized carbons (Fsp3) is 0.444. The summed E-state index contributed by atoms with van der Waals surface area (Å²) in [7, 11) is 0. The number of benzene rings is 1. The highest BCUT2D eigenvalue weighted by Gasteiger charge is 2.30. The number of carbonyl (C=O) groups excluding carboxylic acids is 1. The number of hydrogen-bond donors (Lipinski definition) is 1. The van der Waals surface area contributed by atoms with Gasteiger partial charge in [0, 0.05) is 24.4 Å². The summed E-state index contributed by atoms with van der Waals surface area (Å²) in [5.74, 6) is 0.0834. The van der Waals surface area contributed by atoms with Crippen molar-refractivity contribution in [2.75, 3.05) is 13.1 Å². The third-order valence-electron chi connectivity index (χ3n) is 4.38. The lowest BCUT2D eigenvalue weighted by molar-refractivity contribution is 0.0725. The molecule has 1 atom stereocenters. The number of likely N-dealkylation sites (tertiary alicyclic amines) is 1. The van der Waals surface area contributed by atoms with Gasteiger partial charge < -0.3 is 10.6 Å². The minimum atomic E-state index is 0.0834. The van der Waals surface area contributed by atoms with Crippen LogP contribution in [0.1, 0.15) is 40.3 Å². The van der Waals surface area contributed by atoms with Crippen LogP contribution >= 0.6 is 11.3 Å². The van der Waals surface area contributed by atoms with Gasteiger partial charge in [0.2, 0.25) is 0 Å². The molecule has 2 heterocycles. The number of nitrogens with zero attached hydrogens (tertiary/aromatic N) is 2. The maximum absolute atomic E-state index is 12.7. The highest BCUT2D eigenvalue weighted by Crippen LogP contribution is 2.24. The van der Waals surface area contributed by atoms with E-state index in [2.05, 4.69) is 29.2 Å². The smallest absolute Gasteiger partial charge is 0.273 e. The first-order valence-electron chi connectivity index (χ1n) is 8.27. The summed E-state index contributed by atoms with van der Waals surface area (Å²) in [6, 6.07) is 10.8. The van der Waals surface area contributed by atoms with Crippen molar-refractivity contribution in [1.29, 1.82) is 0 Å². The zero-order chi connectivity index (χ0) is 16.1. The molecule has 23 heavy (non-hydrogen) atoms. The Labute approximate surface area is 141 Å². The largest absolute Gasteiger partial charge is 0.334 e. The minimum absolute atomic E-state index is 0.0834. The van der Waals surface area contributed by atoms with Crippen LogP contribution in [0.3, 0.4) is 0 Å². The van der Waals surface area contributed by atoms with Crippen LogP contribution < -0.4 is 5.73 Å². The van der Waals surface area contributed by atoms with Crippen LogP contribution in [0.25, 0.3) is 0 Å². The van der Waals surface area contributed by atoms with Gasteiger partial charge >= 0.3 is 0 Å². The van der Waals surface area contributed by atoms with Crippen LogP contribution in [0.15, 0.2) is 35.7 Å². The van der Waals surface area contributed by atoms with E-state index in [9.17, 15) is 4.79 Å². The molecule has 0 radical (unpaired) electrons. The van der Waals surface area contributed by atoms with Gasteiger partial charge in [0.05, 0.1) is 5.01 Å². The molecule has 1 saturated heterocycles. The third kappa shape index (κ3) is 3.98. The molecule has 0 aliphatic carbocycles. The quantitative estimate of drug-likeness (QED) is 0.886. The van der Waals surface area contributed by atoms with Gasteiger partial charge in [0.25, 0.3) is 5.91 Å². The van der Waals surface area contributed by atoms with Crippen molar-refractivity contribution >= 4 is 17.2 Å². The van der Waals surface area contributed by atoms with Crippen molar-refractivity contribution in [3.8, 4) is 0 Å². The van der Waals surface area contributed by atoms with Crippen molar-refractivity contribution < 1.29 is 4.79 Å². The molecule has 122 valence electrons. The number of thiazole rings is 1. The Morgan fingerprint density at radius 3 is 2.91 bits per heavy atom. The highest BCUT2D eigenvalue weighted by molar-refractivity contribution is 7.09. The van der Waals surface area contributed by atoms with E-state index in [4.69, 9.17) is 5.73 Å². The molecule has 1 unspecified atom stereocenters. The van der Waals surface area contributed by atoms with E-state index >= 15 is 0 Å². The Kier molecular flexibility index (Phi) is 5.41. The molecule has 0 spiro atoms. The molecule has 1 aliphatic rings. The number of nitrogens with two attached hydrogens (primary N) is 1. The predicted octanol–water partition coefficient (Wildman–Crippen LogP) is 2.88. The Balaban J connectivity index is 1.62. The molecular formula is C18H23N3OS. The van der Waals surface area contributed by atoms with Gasteiger partial charge in [-0.3, -0.25) is 4.79 Å². The van der Waals surface area contributed by atoms with Gasteiger partial charge in [-0.15, -0.1) is 11.3 Å². The van der Waals surface area contributed by atoms with E-state index < -0.39 is 0 Å². The maximum Gasteiger partial charge on any atom is 0.273 e. The van der Waals surface area contributed by atoms with Crippen LogP contribution in [0.5, 0.6) is 0 Å². The Bertz CT molecular complexity index is 641. The average molecular weight is 329 g/mol. The normalized spacial score (nSPS) is 17.6. The number of hydrogen-bond acceptors (Lipinski definition) is 4. The van der Waals surface area contributed by atoms with E-state index in [0.29, 0.717) is 18.3 Å². The summed E-state index contributed by atoms with van der Waals surface area (Å²) in [4.78, 5) is 19.2. The molecular weight excluding hydrogens is 306 g/mol. The van der Waals surface area contributed by atoms with Crippen LogP contribution in [0, 0.1) is 0 Å². The molecule has 0 bridgehead atoms. The molecule has 2 N–H and O–H groups in total. The summed E-state index contributed by atoms with van der Waals surface area (Å²) in [5.41, 5.74) is 7.48. The van der Waals surface area contributed by atoms with E-state index in [-0.39, 0.29) is 5.91 Å². The second-order valence-electron chi connectivity index (χ2n) is 5.98. The molecule has 1 aliphatic heterocycles. The molecule has 1 aromatic heterocycles. The standard InChI is InChI=1S/C18H23N3OS/c19-11-10-17-20-16(13-23-17)18(22)21-12-4-7-15(21)9-8-14-5-2-1-3-6-14/h1-3,5-6,13,15H,4,7-12,19H2. The number of amides is 1. The van der Waals surface area contributed by atoms with Crippen molar-refractivity contribution in [3.05, 3.63) is 52.0 Å². The molecule has 0 saturated carbocycles. The van der Waals surface area contributed by atoms with Gasteiger partial charge in [0.15, 0.2) is 0 Å². The van der Waals surface area contributed by atoms with Gasteiger partial charge in [-0.1, -0.05) is 30.3 Å². The topological polar surface area (TPSA) is 59.2 Å². The molecule has 1 amide bonds. The van der Waals surface area contributed by atoms with E-state index in [1.54, 1.807) is 0 Å². The SMILES string of the molecule is NCCc1nc(C(=O)N2CCCC2CCc2ccccc2)cs1. The number of carbonyl (C=O) groups is 1. The molecule has 4 nitrogen and oxygen atoms in total. The Morgan fingerprint density at radius 1 is 1.30 bits per heavy atom. The van der Waals surface area contributed by atoms with Crippen molar-refractivity contribution in [1.82, 2.24) is 9.88 Å². The minimum Gasteiger partial charge on any atom is -0.334 e. The fourth-order valence-electron chi connectivity index (χ4n) is 3.18. The summed E-state index contributed by atoms with van der Waals surface area (Å²) >= 11 is 1.53. The lowest BCUT2D eigenvalue weighted by atomic mass is 10.0. The molecule has 2 aromatic rings. The number of aromatic nitrogens is 1. The summed E-state index contributed by atoms with van der Waals surface area (Å²) in [6.07, 6.45) is 4.97. The monoisotopic (exact) mass is 329 g/mol. The van der Waals surface area contributed by atoms with E-state index in [0.717, 1.165) is 43.7 Å². The van der Waals surface area contributed by atoms with Gasteiger partial charge in [-0.25, -0.2) is 4.98 Å². The van der Waals surface area contributed by atoms with Crippen LogP contribution in [-0.4, -0.2) is 34.9 Å². The van der Waals surface area contributed by atoms with E-state index in [1.807, 2.05) is 16.3 Å². The lowest BCUT2D eigenvalue weighted by Gasteiger charge is -2.24. The summed E-state index contributed by atoms with van der Waals surface area (Å²) in [6.45, 7) is 1.42. The molecule has 1 fully saturated rings. The first-order valence-corrected chi connectivity index (χ1v) is 9.15. The third-order valence-corrected chi connectivity index (χ3v) is 5.28. The van der Waals surface area contributed by atoms with Gasteiger partial charge in [0.1, 0.15) is 5.69 Å². The Morgan fingerprint density at radius 2 is 2.13 bits per heavy atom. The highest BCUT2D eigenvalue weighted by atomic mass is 32.1. The molecule has 5 heteroatoms. The zero-order valence-corrected chi connectivity index (χ0v) is 14.1. The van der Waals surface area contributed by atoms with Crippen molar-refractivity contribution in [2.24, 2.45) is 5.73 Å². The molecule has 3 rings (SSSR count). The average Bonchev–Trinajstić information content (AvgIpc) is 3.23. The summed E-state index contributed by atoms with van der Waals surface area (Å²) in [5, 5.41) is 2.83. The fourth-order valence-corrected chi connectivity index (χ4v) is 3.96. The van der Waals surface area contributed by atoms with Gasteiger partial charge in [-0.05, 0) is 37.8 Å². The van der Waals surface area contributed by atoms with Crippen LogP contribution in [-0.2, 0) is 12.8 Å². The van der Waals surface area contributed by atoms with E-state index in [1.165, 1.54) is 16.9 Å². The Hall–Kier alpha value is -1.72. The lowest BCUT2D eigenvalue weighted by Crippen LogP contribution is -2.36. The summed E-state index contributed by atoms with van der Waals surface area (Å²) < 4.78 is 0. The van der Waals surface area contributed by atoms with Crippen molar-refractivity contribution in [2.45, 2.75) is 38.1 Å². The first kappa shape index (κ1) is 16.1. The second-order valence-corrected chi connectivity index (χ2v) is 6.93. The predicted molar refractivity (Wildman–Crippen MR) is 93.7 cm³/mol.